The Labute approximate surface area is 185 Å². The number of anilines is 2. The summed E-state index contributed by atoms with van der Waals surface area (Å²) in [5.74, 6) is -0.521. The van der Waals surface area contributed by atoms with Crippen molar-refractivity contribution in [2.75, 3.05) is 43.0 Å². The van der Waals surface area contributed by atoms with Crippen molar-refractivity contribution in [1.82, 2.24) is 4.90 Å². The Hall–Kier alpha value is -3.14. The summed E-state index contributed by atoms with van der Waals surface area (Å²) in [5.41, 5.74) is 0.796. The molecule has 32 heavy (non-hydrogen) atoms. The molecule has 0 spiro atoms. The number of hydrogen-bond acceptors (Lipinski definition) is 6. The zero-order chi connectivity index (χ0) is 22.9. The third-order valence-corrected chi connectivity index (χ3v) is 7.87. The van der Waals surface area contributed by atoms with Crippen LogP contribution in [0.15, 0.2) is 47.4 Å². The van der Waals surface area contributed by atoms with Gasteiger partial charge in [0.05, 0.1) is 21.5 Å². The average Bonchev–Trinajstić information content (AvgIpc) is 2.79. The van der Waals surface area contributed by atoms with Crippen molar-refractivity contribution in [1.29, 1.82) is 0 Å². The fourth-order valence-corrected chi connectivity index (χ4v) is 5.23. The van der Waals surface area contributed by atoms with Gasteiger partial charge in [-0.2, -0.15) is 0 Å². The van der Waals surface area contributed by atoms with Crippen LogP contribution in [0.3, 0.4) is 0 Å². The fourth-order valence-electron chi connectivity index (χ4n) is 3.86. The molecule has 10 heteroatoms. The first-order chi connectivity index (χ1) is 15.3. The molecule has 2 aliphatic rings. The number of fused-ring (bicyclic) bond motifs is 1. The summed E-state index contributed by atoms with van der Waals surface area (Å²) < 4.78 is 45.3. The number of benzene rings is 2. The maximum absolute atomic E-state index is 14.0. The van der Waals surface area contributed by atoms with Gasteiger partial charge in [-0.15, -0.1) is 0 Å². The number of para-hydroxylation sites is 1. The highest BCUT2D eigenvalue weighted by molar-refractivity contribution is 7.92. The van der Waals surface area contributed by atoms with E-state index in [9.17, 15) is 22.4 Å². The Morgan fingerprint density at radius 2 is 1.88 bits per heavy atom. The van der Waals surface area contributed by atoms with Gasteiger partial charge in [-0.1, -0.05) is 12.1 Å². The van der Waals surface area contributed by atoms with E-state index in [0.29, 0.717) is 43.3 Å². The Balaban J connectivity index is 1.39. The molecular formula is C22H24FN3O5S. The highest BCUT2D eigenvalue weighted by atomic mass is 32.2. The van der Waals surface area contributed by atoms with Gasteiger partial charge >= 0.3 is 0 Å². The molecule has 0 radical (unpaired) electrons. The van der Waals surface area contributed by atoms with E-state index in [-0.39, 0.29) is 35.6 Å². The lowest BCUT2D eigenvalue weighted by Crippen LogP contribution is -2.49. The van der Waals surface area contributed by atoms with Gasteiger partial charge in [0, 0.05) is 32.6 Å². The van der Waals surface area contributed by atoms with Crippen LogP contribution in [0.25, 0.3) is 0 Å². The smallest absolute Gasteiger partial charge is 0.262 e. The van der Waals surface area contributed by atoms with Crippen LogP contribution in [0.1, 0.15) is 13.3 Å². The number of sulfone groups is 1. The number of piperazine rings is 1. The van der Waals surface area contributed by atoms with E-state index < -0.39 is 15.1 Å². The number of amides is 2. The van der Waals surface area contributed by atoms with Crippen molar-refractivity contribution >= 4 is 33.0 Å². The lowest BCUT2D eigenvalue weighted by atomic mass is 10.2. The highest BCUT2D eigenvalue weighted by Crippen LogP contribution is 2.32. The zero-order valence-electron chi connectivity index (χ0n) is 17.6. The van der Waals surface area contributed by atoms with Gasteiger partial charge in [-0.05, 0) is 37.3 Å². The summed E-state index contributed by atoms with van der Waals surface area (Å²) in [6.07, 6.45) is -0.165. The molecule has 2 aliphatic heterocycles. The van der Waals surface area contributed by atoms with Gasteiger partial charge < -0.3 is 19.9 Å². The van der Waals surface area contributed by atoms with Gasteiger partial charge in [0.1, 0.15) is 11.6 Å². The van der Waals surface area contributed by atoms with Gasteiger partial charge in [0.2, 0.25) is 5.91 Å². The number of nitrogens with zero attached hydrogens (tertiary/aromatic N) is 2. The van der Waals surface area contributed by atoms with E-state index in [1.54, 1.807) is 23.1 Å². The maximum Gasteiger partial charge on any atom is 0.262 e. The summed E-state index contributed by atoms with van der Waals surface area (Å²) in [4.78, 5) is 27.8. The molecule has 0 aromatic heterocycles. The molecule has 1 N–H and O–H groups in total. The molecule has 4 rings (SSSR count). The Morgan fingerprint density at radius 3 is 2.59 bits per heavy atom. The second-order valence-corrected chi connectivity index (χ2v) is 10.2. The minimum absolute atomic E-state index is 0.0201. The summed E-state index contributed by atoms with van der Waals surface area (Å²) in [6, 6.07) is 10.8. The average molecular weight is 462 g/mol. The molecule has 1 saturated heterocycles. The van der Waals surface area contributed by atoms with Gasteiger partial charge in [0.25, 0.3) is 5.91 Å². The summed E-state index contributed by atoms with van der Waals surface area (Å²) >= 11 is 0. The van der Waals surface area contributed by atoms with Crippen LogP contribution in [0.5, 0.6) is 5.75 Å². The van der Waals surface area contributed by atoms with E-state index in [1.165, 1.54) is 31.2 Å². The third-order valence-electron chi connectivity index (χ3n) is 5.73. The van der Waals surface area contributed by atoms with Gasteiger partial charge in [-0.3, -0.25) is 9.59 Å². The number of hydrogen-bond donors (Lipinski definition) is 1. The lowest BCUT2D eigenvalue weighted by molar-refractivity contribution is -0.131. The van der Waals surface area contributed by atoms with Crippen LogP contribution >= 0.6 is 0 Å². The monoisotopic (exact) mass is 461 g/mol. The number of halogens is 1. The Bertz CT molecular complexity index is 1150. The second kappa shape index (κ2) is 8.78. The number of ether oxygens (including phenoxy) is 1. The van der Waals surface area contributed by atoms with Gasteiger partial charge in [0.15, 0.2) is 16.4 Å². The molecule has 8 nitrogen and oxygen atoms in total. The molecule has 2 heterocycles. The number of rotatable bonds is 5. The normalized spacial score (nSPS) is 17.2. The van der Waals surface area contributed by atoms with Crippen molar-refractivity contribution in [3.05, 3.63) is 48.3 Å². The molecule has 170 valence electrons. The first-order valence-electron chi connectivity index (χ1n) is 10.3. The summed E-state index contributed by atoms with van der Waals surface area (Å²) in [5, 5.41) is 1.64. The second-order valence-electron chi connectivity index (χ2n) is 7.87. The lowest BCUT2D eigenvalue weighted by Gasteiger charge is -2.36. The number of carbonyl (C=O) groups is 2. The van der Waals surface area contributed by atoms with Crippen LogP contribution in [-0.2, 0) is 19.4 Å². The SMILES string of the molecule is CC(CC(=O)N1CCN(c2ccccc2F)CC1)S(=O)(=O)c1ccc2c(c1)NC(=O)CO2. The summed E-state index contributed by atoms with van der Waals surface area (Å²) in [6.45, 7) is 3.10. The van der Waals surface area contributed by atoms with Crippen LogP contribution in [0, 0.1) is 5.82 Å². The predicted octanol–water partition coefficient (Wildman–Crippen LogP) is 2.06. The first kappa shape index (κ1) is 22.1. The molecule has 0 bridgehead atoms. The molecular weight excluding hydrogens is 437 g/mol. The third kappa shape index (κ3) is 4.40. The van der Waals surface area contributed by atoms with E-state index in [2.05, 4.69) is 5.32 Å². The minimum atomic E-state index is -3.80. The van der Waals surface area contributed by atoms with E-state index in [1.807, 2.05) is 4.90 Å². The molecule has 2 amide bonds. The number of nitrogens with one attached hydrogen (secondary N) is 1. The standard InChI is InChI=1S/C22H24FN3O5S/c1-15(32(29,30)16-6-7-20-18(13-16)24-21(27)14-31-20)12-22(28)26-10-8-25(9-11-26)19-5-3-2-4-17(19)23/h2-7,13,15H,8-12,14H2,1H3,(H,24,27). The summed E-state index contributed by atoms with van der Waals surface area (Å²) in [7, 11) is -3.80. The van der Waals surface area contributed by atoms with Gasteiger partial charge in [-0.25, -0.2) is 12.8 Å². The van der Waals surface area contributed by atoms with Crippen molar-refractivity contribution in [3.63, 3.8) is 0 Å². The van der Waals surface area contributed by atoms with Crippen LogP contribution in [0.4, 0.5) is 15.8 Å². The van der Waals surface area contributed by atoms with Crippen molar-refractivity contribution < 1.29 is 27.1 Å². The largest absolute Gasteiger partial charge is 0.482 e. The van der Waals surface area contributed by atoms with Crippen molar-refractivity contribution in [2.45, 2.75) is 23.5 Å². The Kier molecular flexibility index (Phi) is 6.05. The molecule has 1 atom stereocenters. The van der Waals surface area contributed by atoms with E-state index in [4.69, 9.17) is 4.74 Å². The quantitative estimate of drug-likeness (QED) is 0.732. The van der Waals surface area contributed by atoms with Crippen LogP contribution in [0.2, 0.25) is 0 Å². The Morgan fingerprint density at radius 1 is 1.16 bits per heavy atom. The topological polar surface area (TPSA) is 96.0 Å². The molecule has 0 aliphatic carbocycles. The van der Waals surface area contributed by atoms with Crippen molar-refractivity contribution in [3.8, 4) is 5.75 Å². The fraction of sp³-hybridized carbons (Fsp3) is 0.364. The van der Waals surface area contributed by atoms with E-state index in [0.717, 1.165) is 0 Å². The van der Waals surface area contributed by atoms with Crippen LogP contribution < -0.4 is 15.0 Å². The number of carbonyl (C=O) groups excluding carboxylic acids is 2. The molecule has 2 aromatic rings. The highest BCUT2D eigenvalue weighted by Gasteiger charge is 2.30. The zero-order valence-corrected chi connectivity index (χ0v) is 18.4. The molecule has 1 unspecified atom stereocenters. The van der Waals surface area contributed by atoms with Crippen molar-refractivity contribution in [2.24, 2.45) is 0 Å². The van der Waals surface area contributed by atoms with E-state index >= 15 is 0 Å². The predicted molar refractivity (Wildman–Crippen MR) is 117 cm³/mol. The molecule has 2 aromatic carbocycles. The molecule has 1 fully saturated rings. The molecule has 0 saturated carbocycles. The maximum atomic E-state index is 14.0. The first-order valence-corrected chi connectivity index (χ1v) is 11.9. The minimum Gasteiger partial charge on any atom is -0.482 e. The van der Waals surface area contributed by atoms with Crippen LogP contribution in [-0.4, -0.2) is 63.2 Å².